The first kappa shape index (κ1) is 17.5. The summed E-state index contributed by atoms with van der Waals surface area (Å²) in [4.78, 5) is 26.7. The summed E-state index contributed by atoms with van der Waals surface area (Å²) < 4.78 is 16.1. The van der Waals surface area contributed by atoms with Gasteiger partial charge < -0.3 is 24.1 Å². The summed E-state index contributed by atoms with van der Waals surface area (Å²) in [5, 5.41) is 3.07. The molecule has 142 valence electrons. The fourth-order valence-electron chi connectivity index (χ4n) is 3.46. The fraction of sp³-hybridized carbons (Fsp3) is 0.400. The molecule has 1 atom stereocenters. The zero-order valence-corrected chi connectivity index (χ0v) is 15.4. The fourth-order valence-corrected chi connectivity index (χ4v) is 3.46. The molecule has 7 nitrogen and oxygen atoms in total. The van der Waals surface area contributed by atoms with Crippen LogP contribution in [0.3, 0.4) is 0 Å². The molecule has 1 aromatic heterocycles. The third kappa shape index (κ3) is 3.49. The standard InChI is InChI=1S/C20H22N2O5/c1-20(2,14-5-6-16-17(9-14)27-12-26-16)21-19(24)13-8-18(23)22(10-13)11-15-4-3-7-25-15/h3-7,9,13H,8,10-12H2,1-2H3,(H,21,24). The van der Waals surface area contributed by atoms with Crippen LogP contribution >= 0.6 is 0 Å². The lowest BCUT2D eigenvalue weighted by Crippen LogP contribution is -2.44. The van der Waals surface area contributed by atoms with E-state index in [1.165, 1.54) is 0 Å². The largest absolute Gasteiger partial charge is 0.467 e. The smallest absolute Gasteiger partial charge is 0.231 e. The number of likely N-dealkylation sites (tertiary alicyclic amines) is 1. The Labute approximate surface area is 157 Å². The molecule has 2 aromatic rings. The van der Waals surface area contributed by atoms with Gasteiger partial charge in [0.25, 0.3) is 0 Å². The van der Waals surface area contributed by atoms with Crippen LogP contribution in [0.4, 0.5) is 0 Å². The van der Waals surface area contributed by atoms with Gasteiger partial charge in [-0.15, -0.1) is 0 Å². The summed E-state index contributed by atoms with van der Waals surface area (Å²) >= 11 is 0. The van der Waals surface area contributed by atoms with Gasteiger partial charge in [-0.3, -0.25) is 9.59 Å². The van der Waals surface area contributed by atoms with Crippen molar-refractivity contribution in [3.8, 4) is 11.5 Å². The first-order valence-electron chi connectivity index (χ1n) is 8.95. The van der Waals surface area contributed by atoms with Crippen LogP contribution < -0.4 is 14.8 Å². The molecule has 1 unspecified atom stereocenters. The minimum absolute atomic E-state index is 0.0348. The first-order chi connectivity index (χ1) is 12.9. The van der Waals surface area contributed by atoms with Gasteiger partial charge in [-0.25, -0.2) is 0 Å². The predicted octanol–water partition coefficient (Wildman–Crippen LogP) is 2.41. The number of furan rings is 1. The summed E-state index contributed by atoms with van der Waals surface area (Å²) in [7, 11) is 0. The molecular formula is C20H22N2O5. The van der Waals surface area contributed by atoms with Crippen molar-refractivity contribution in [2.24, 2.45) is 5.92 Å². The molecule has 0 bridgehead atoms. The van der Waals surface area contributed by atoms with Crippen molar-refractivity contribution in [1.29, 1.82) is 0 Å². The van der Waals surface area contributed by atoms with Crippen LogP contribution in [-0.2, 0) is 21.7 Å². The highest BCUT2D eigenvalue weighted by Crippen LogP contribution is 2.36. The minimum Gasteiger partial charge on any atom is -0.467 e. The van der Waals surface area contributed by atoms with Crippen molar-refractivity contribution in [3.05, 3.63) is 47.9 Å². The average Bonchev–Trinajstić information content (AvgIpc) is 3.36. The number of benzene rings is 1. The van der Waals surface area contributed by atoms with Crippen LogP contribution in [0.2, 0.25) is 0 Å². The highest BCUT2D eigenvalue weighted by Gasteiger charge is 2.37. The van der Waals surface area contributed by atoms with Gasteiger partial charge in [-0.1, -0.05) is 6.07 Å². The van der Waals surface area contributed by atoms with E-state index in [9.17, 15) is 9.59 Å². The Bertz CT molecular complexity index is 859. The number of carbonyl (C=O) groups excluding carboxylic acids is 2. The molecule has 0 saturated carbocycles. The maximum absolute atomic E-state index is 12.8. The molecular weight excluding hydrogens is 348 g/mol. The van der Waals surface area contributed by atoms with Crippen molar-refractivity contribution >= 4 is 11.8 Å². The second kappa shape index (κ2) is 6.64. The summed E-state index contributed by atoms with van der Waals surface area (Å²) in [5.74, 6) is 1.55. The molecule has 1 N–H and O–H groups in total. The summed E-state index contributed by atoms with van der Waals surface area (Å²) in [5.41, 5.74) is 0.312. The number of nitrogens with one attached hydrogen (secondary N) is 1. The number of carbonyl (C=O) groups is 2. The number of nitrogens with zero attached hydrogens (tertiary/aromatic N) is 1. The van der Waals surface area contributed by atoms with E-state index >= 15 is 0 Å². The Balaban J connectivity index is 1.41. The Morgan fingerprint density at radius 2 is 2.07 bits per heavy atom. The van der Waals surface area contributed by atoms with E-state index in [2.05, 4.69) is 5.32 Å². The van der Waals surface area contributed by atoms with Crippen molar-refractivity contribution in [2.75, 3.05) is 13.3 Å². The average molecular weight is 370 g/mol. The zero-order chi connectivity index (χ0) is 19.0. The molecule has 1 saturated heterocycles. The molecule has 0 spiro atoms. The zero-order valence-electron chi connectivity index (χ0n) is 15.4. The van der Waals surface area contributed by atoms with Crippen molar-refractivity contribution in [2.45, 2.75) is 32.4 Å². The topological polar surface area (TPSA) is 81.0 Å². The quantitative estimate of drug-likeness (QED) is 0.874. The van der Waals surface area contributed by atoms with E-state index in [1.807, 2.05) is 38.1 Å². The van der Waals surface area contributed by atoms with E-state index in [4.69, 9.17) is 13.9 Å². The van der Waals surface area contributed by atoms with Gasteiger partial charge in [-0.2, -0.15) is 0 Å². The predicted molar refractivity (Wildman–Crippen MR) is 96.0 cm³/mol. The van der Waals surface area contributed by atoms with Crippen molar-refractivity contribution in [1.82, 2.24) is 10.2 Å². The number of ether oxygens (including phenoxy) is 2. The maximum atomic E-state index is 12.8. The second-order valence-electron chi connectivity index (χ2n) is 7.44. The molecule has 2 aliphatic heterocycles. The van der Waals surface area contributed by atoms with Gasteiger partial charge >= 0.3 is 0 Å². The van der Waals surface area contributed by atoms with E-state index < -0.39 is 5.54 Å². The van der Waals surface area contributed by atoms with Crippen LogP contribution in [0.5, 0.6) is 11.5 Å². The van der Waals surface area contributed by atoms with Gasteiger partial charge in [0.1, 0.15) is 5.76 Å². The van der Waals surface area contributed by atoms with Crippen molar-refractivity contribution in [3.63, 3.8) is 0 Å². The third-order valence-corrected chi connectivity index (χ3v) is 5.04. The Morgan fingerprint density at radius 1 is 1.26 bits per heavy atom. The summed E-state index contributed by atoms with van der Waals surface area (Å²) in [6, 6.07) is 9.25. The Morgan fingerprint density at radius 3 is 2.85 bits per heavy atom. The lowest BCUT2D eigenvalue weighted by Gasteiger charge is -2.28. The highest BCUT2D eigenvalue weighted by atomic mass is 16.7. The number of fused-ring (bicyclic) bond motifs is 1. The van der Waals surface area contributed by atoms with Crippen LogP contribution in [0.1, 0.15) is 31.6 Å². The van der Waals surface area contributed by atoms with Gasteiger partial charge in [0, 0.05) is 13.0 Å². The normalized spacial score (nSPS) is 18.8. The van der Waals surface area contributed by atoms with Crippen LogP contribution in [-0.4, -0.2) is 30.1 Å². The van der Waals surface area contributed by atoms with Gasteiger partial charge in [0.2, 0.25) is 18.6 Å². The SMILES string of the molecule is CC(C)(NC(=O)C1CC(=O)N(Cc2ccco2)C1)c1ccc2c(c1)OCO2. The van der Waals surface area contributed by atoms with Gasteiger partial charge in [0.15, 0.2) is 11.5 Å². The van der Waals surface area contributed by atoms with Crippen LogP contribution in [0, 0.1) is 5.92 Å². The van der Waals surface area contributed by atoms with E-state index in [1.54, 1.807) is 17.2 Å². The second-order valence-corrected chi connectivity index (χ2v) is 7.44. The van der Waals surface area contributed by atoms with Crippen molar-refractivity contribution < 1.29 is 23.5 Å². The molecule has 0 radical (unpaired) electrons. The Kier molecular flexibility index (Phi) is 4.30. The number of rotatable bonds is 5. The first-order valence-corrected chi connectivity index (χ1v) is 8.95. The summed E-state index contributed by atoms with van der Waals surface area (Å²) in [6.45, 7) is 4.85. The molecule has 3 heterocycles. The van der Waals surface area contributed by atoms with E-state index in [0.717, 1.165) is 5.56 Å². The highest BCUT2D eigenvalue weighted by molar-refractivity contribution is 5.89. The van der Waals surface area contributed by atoms with Crippen LogP contribution in [0.25, 0.3) is 0 Å². The maximum Gasteiger partial charge on any atom is 0.231 e. The molecule has 27 heavy (non-hydrogen) atoms. The molecule has 4 rings (SSSR count). The van der Waals surface area contributed by atoms with E-state index in [0.29, 0.717) is 30.3 Å². The molecule has 2 aliphatic rings. The van der Waals surface area contributed by atoms with Crippen LogP contribution in [0.15, 0.2) is 41.0 Å². The lowest BCUT2D eigenvalue weighted by atomic mass is 9.92. The summed E-state index contributed by atoms with van der Waals surface area (Å²) in [6.07, 6.45) is 1.79. The Hall–Kier alpha value is -2.96. The molecule has 1 fully saturated rings. The lowest BCUT2D eigenvalue weighted by molar-refractivity contribution is -0.129. The molecule has 7 heteroatoms. The molecule has 1 aromatic carbocycles. The number of hydrogen-bond acceptors (Lipinski definition) is 5. The molecule has 2 amide bonds. The van der Waals surface area contributed by atoms with Gasteiger partial charge in [-0.05, 0) is 43.7 Å². The van der Waals surface area contributed by atoms with Gasteiger partial charge in [0.05, 0.1) is 24.3 Å². The number of amides is 2. The van der Waals surface area contributed by atoms with E-state index in [-0.39, 0.29) is 30.9 Å². The minimum atomic E-state index is -0.602. The number of hydrogen-bond donors (Lipinski definition) is 1. The molecule has 0 aliphatic carbocycles. The third-order valence-electron chi connectivity index (χ3n) is 5.04. The monoisotopic (exact) mass is 370 g/mol.